The Morgan fingerprint density at radius 2 is 1.48 bits per heavy atom. The van der Waals surface area contributed by atoms with E-state index in [1.54, 1.807) is 7.11 Å². The van der Waals surface area contributed by atoms with Gasteiger partial charge in [-0.25, -0.2) is 0 Å². The molecule has 2 rings (SSSR count). The van der Waals surface area contributed by atoms with Gasteiger partial charge in [0.05, 0.1) is 13.2 Å². The topological polar surface area (TPSA) is 38.7 Å². The van der Waals surface area contributed by atoms with E-state index in [4.69, 9.17) is 9.47 Å². The van der Waals surface area contributed by atoms with Crippen molar-refractivity contribution < 1.29 is 14.6 Å². The van der Waals surface area contributed by atoms with Crippen LogP contribution < -0.4 is 9.47 Å². The lowest BCUT2D eigenvalue weighted by Crippen LogP contribution is -2.20. The smallest absolute Gasteiger partial charge is 0.122 e. The van der Waals surface area contributed by atoms with Crippen LogP contribution in [0.5, 0.6) is 11.5 Å². The summed E-state index contributed by atoms with van der Waals surface area (Å²) < 4.78 is 11.4. The number of hydrogen-bond donors (Lipinski definition) is 1. The molecular formula is C26H34O3. The highest BCUT2D eigenvalue weighted by Gasteiger charge is 2.25. The molecule has 0 aliphatic rings. The fraction of sp³-hybridized carbons (Fsp3) is 0.385. The van der Waals surface area contributed by atoms with Gasteiger partial charge in [-0.15, -0.1) is 13.2 Å². The van der Waals surface area contributed by atoms with Gasteiger partial charge in [0.1, 0.15) is 18.1 Å². The summed E-state index contributed by atoms with van der Waals surface area (Å²) in [7, 11) is 1.70. The lowest BCUT2D eigenvalue weighted by molar-refractivity contribution is 0.104. The molecule has 2 aromatic rings. The molecular weight excluding hydrogens is 360 g/mol. The van der Waals surface area contributed by atoms with Crippen LogP contribution in [0.3, 0.4) is 0 Å². The molecule has 2 aromatic carbocycles. The average molecular weight is 395 g/mol. The summed E-state index contributed by atoms with van der Waals surface area (Å²) in [6, 6.07) is 12.7. The van der Waals surface area contributed by atoms with Crippen LogP contribution in [0.25, 0.3) is 0 Å². The minimum atomic E-state index is -0.453. The summed E-state index contributed by atoms with van der Waals surface area (Å²) in [5.41, 5.74) is 4.43. The second-order valence-electron chi connectivity index (χ2n) is 7.83. The minimum Gasteiger partial charge on any atom is -0.496 e. The van der Waals surface area contributed by atoms with E-state index in [2.05, 4.69) is 51.3 Å². The third-order valence-electron chi connectivity index (χ3n) is 5.42. The number of aliphatic hydroxyl groups is 1. The molecule has 0 aliphatic heterocycles. The Morgan fingerprint density at radius 1 is 0.966 bits per heavy atom. The molecule has 0 fully saturated rings. The molecule has 0 radical (unpaired) electrons. The van der Waals surface area contributed by atoms with Gasteiger partial charge in [-0.2, -0.15) is 0 Å². The van der Waals surface area contributed by atoms with E-state index in [-0.39, 0.29) is 5.41 Å². The van der Waals surface area contributed by atoms with Crippen LogP contribution in [-0.4, -0.2) is 24.9 Å². The monoisotopic (exact) mass is 394 g/mol. The standard InChI is InChI=1S/C26H34O3/c1-7-10-19-16-21(12-14-24(19)28-6)26(4,5)22-13-15-25(20(17-22)11-8-2)29-18-23(27)9-3/h7-8,12-17,23,27H,1-2,9-11,18H2,3-6H3. The number of ether oxygens (including phenoxy) is 2. The molecule has 0 heterocycles. The zero-order valence-electron chi connectivity index (χ0n) is 18.2. The molecule has 0 spiro atoms. The van der Waals surface area contributed by atoms with Crippen molar-refractivity contribution in [1.29, 1.82) is 0 Å². The van der Waals surface area contributed by atoms with Crippen molar-refractivity contribution in [3.05, 3.63) is 84.0 Å². The highest BCUT2D eigenvalue weighted by Crippen LogP contribution is 2.36. The molecule has 0 amide bonds. The van der Waals surface area contributed by atoms with Crippen LogP contribution in [0.15, 0.2) is 61.7 Å². The van der Waals surface area contributed by atoms with Gasteiger partial charge in [0, 0.05) is 5.41 Å². The molecule has 0 saturated heterocycles. The first-order valence-electron chi connectivity index (χ1n) is 10.2. The maximum Gasteiger partial charge on any atom is 0.122 e. The Bertz CT molecular complexity index is 836. The lowest BCUT2D eigenvalue weighted by atomic mass is 9.77. The van der Waals surface area contributed by atoms with E-state index in [9.17, 15) is 5.11 Å². The normalized spacial score (nSPS) is 12.3. The molecule has 0 saturated carbocycles. The Balaban J connectivity index is 2.41. The van der Waals surface area contributed by atoms with Crippen molar-refractivity contribution in [2.24, 2.45) is 0 Å². The number of allylic oxidation sites excluding steroid dienone is 2. The van der Waals surface area contributed by atoms with E-state index in [1.165, 1.54) is 11.1 Å². The SMILES string of the molecule is C=CCc1cc(C(C)(C)c2ccc(OCC(O)CC)c(CC=C)c2)ccc1OC. The summed E-state index contributed by atoms with van der Waals surface area (Å²) >= 11 is 0. The second-order valence-corrected chi connectivity index (χ2v) is 7.83. The van der Waals surface area contributed by atoms with Crippen LogP contribution >= 0.6 is 0 Å². The number of benzene rings is 2. The van der Waals surface area contributed by atoms with Crippen molar-refractivity contribution in [2.45, 2.75) is 51.6 Å². The molecule has 0 aromatic heterocycles. The molecule has 3 heteroatoms. The second kappa shape index (κ2) is 10.3. The third-order valence-corrected chi connectivity index (χ3v) is 5.42. The maximum absolute atomic E-state index is 9.82. The molecule has 29 heavy (non-hydrogen) atoms. The summed E-state index contributed by atoms with van der Waals surface area (Å²) in [6.45, 7) is 14.4. The van der Waals surface area contributed by atoms with E-state index in [1.807, 2.05) is 31.2 Å². The number of methoxy groups -OCH3 is 1. The van der Waals surface area contributed by atoms with Crippen LogP contribution in [0, 0.1) is 0 Å². The lowest BCUT2D eigenvalue weighted by Gasteiger charge is -2.28. The zero-order chi connectivity index (χ0) is 21.4. The third kappa shape index (κ3) is 5.51. The van der Waals surface area contributed by atoms with Crippen molar-refractivity contribution in [3.8, 4) is 11.5 Å². The Morgan fingerprint density at radius 3 is 1.97 bits per heavy atom. The predicted molar refractivity (Wildman–Crippen MR) is 121 cm³/mol. The van der Waals surface area contributed by atoms with Crippen LogP contribution in [0.2, 0.25) is 0 Å². The highest BCUT2D eigenvalue weighted by atomic mass is 16.5. The zero-order valence-corrected chi connectivity index (χ0v) is 18.2. The van der Waals surface area contributed by atoms with Gasteiger partial charge in [0.2, 0.25) is 0 Å². The maximum atomic E-state index is 9.82. The summed E-state index contributed by atoms with van der Waals surface area (Å²) in [6.07, 6.45) is 5.48. The number of hydrogen-bond acceptors (Lipinski definition) is 3. The quantitative estimate of drug-likeness (QED) is 0.502. The molecule has 3 nitrogen and oxygen atoms in total. The molecule has 0 aliphatic carbocycles. The Kier molecular flexibility index (Phi) is 8.10. The fourth-order valence-electron chi connectivity index (χ4n) is 3.38. The van der Waals surface area contributed by atoms with E-state index < -0.39 is 6.10 Å². The van der Waals surface area contributed by atoms with Gasteiger partial charge in [0.25, 0.3) is 0 Å². The van der Waals surface area contributed by atoms with Crippen LogP contribution in [0.1, 0.15) is 49.4 Å². The minimum absolute atomic E-state index is 0.195. The fourth-order valence-corrected chi connectivity index (χ4v) is 3.38. The summed E-state index contributed by atoms with van der Waals surface area (Å²) in [5, 5.41) is 9.82. The van der Waals surface area contributed by atoms with Gasteiger partial charge >= 0.3 is 0 Å². The Labute approximate surface area is 175 Å². The number of aliphatic hydroxyl groups excluding tert-OH is 1. The Hall–Kier alpha value is -2.52. The molecule has 1 unspecified atom stereocenters. The number of rotatable bonds is 11. The van der Waals surface area contributed by atoms with Crippen molar-refractivity contribution >= 4 is 0 Å². The molecule has 1 N–H and O–H groups in total. The first-order valence-corrected chi connectivity index (χ1v) is 10.2. The molecule has 156 valence electrons. The van der Waals surface area contributed by atoms with Gasteiger partial charge < -0.3 is 14.6 Å². The first kappa shape index (κ1) is 22.8. The van der Waals surface area contributed by atoms with Gasteiger partial charge in [-0.3, -0.25) is 0 Å². The van der Waals surface area contributed by atoms with Crippen molar-refractivity contribution in [2.75, 3.05) is 13.7 Å². The van der Waals surface area contributed by atoms with Crippen molar-refractivity contribution in [1.82, 2.24) is 0 Å². The van der Waals surface area contributed by atoms with Crippen LogP contribution in [0.4, 0.5) is 0 Å². The van der Waals surface area contributed by atoms with Gasteiger partial charge in [-0.05, 0) is 53.6 Å². The highest BCUT2D eigenvalue weighted by molar-refractivity contribution is 5.48. The van der Waals surface area contributed by atoms with E-state index >= 15 is 0 Å². The average Bonchev–Trinajstić information content (AvgIpc) is 2.72. The van der Waals surface area contributed by atoms with Gasteiger partial charge in [-0.1, -0.05) is 57.2 Å². The van der Waals surface area contributed by atoms with Gasteiger partial charge in [0.15, 0.2) is 0 Å². The first-order chi connectivity index (χ1) is 13.9. The molecule has 1 atom stereocenters. The molecule has 0 bridgehead atoms. The van der Waals surface area contributed by atoms with Crippen LogP contribution in [-0.2, 0) is 18.3 Å². The summed E-state index contributed by atoms with van der Waals surface area (Å²) in [5.74, 6) is 1.69. The van der Waals surface area contributed by atoms with Crippen molar-refractivity contribution in [3.63, 3.8) is 0 Å². The predicted octanol–water partition coefficient (Wildman–Crippen LogP) is 5.63. The van der Waals surface area contributed by atoms with E-state index in [0.717, 1.165) is 29.0 Å². The summed E-state index contributed by atoms with van der Waals surface area (Å²) in [4.78, 5) is 0. The van der Waals surface area contributed by atoms with E-state index in [0.29, 0.717) is 19.4 Å². The largest absolute Gasteiger partial charge is 0.496 e.